The van der Waals surface area contributed by atoms with E-state index in [-0.39, 0.29) is 17.4 Å². The molecular formula is C19H14F2O. The molecule has 0 saturated heterocycles. The van der Waals surface area contributed by atoms with Gasteiger partial charge in [-0.25, -0.2) is 8.78 Å². The molecule has 1 nitrogen and oxygen atoms in total. The lowest BCUT2D eigenvalue weighted by molar-refractivity contribution is -0.111. The van der Waals surface area contributed by atoms with Crippen molar-refractivity contribution in [3.05, 3.63) is 82.4 Å². The van der Waals surface area contributed by atoms with Crippen molar-refractivity contribution >= 4 is 17.9 Å². The molecule has 0 N–H and O–H groups in total. The zero-order valence-corrected chi connectivity index (χ0v) is 11.9. The minimum Gasteiger partial charge on any atom is -0.289 e. The molecule has 110 valence electrons. The molecule has 1 aliphatic carbocycles. The molecule has 3 rings (SSSR count). The van der Waals surface area contributed by atoms with Gasteiger partial charge in [0.25, 0.3) is 0 Å². The maximum Gasteiger partial charge on any atom is 0.185 e. The summed E-state index contributed by atoms with van der Waals surface area (Å²) in [5, 5.41) is 0. The minimum absolute atomic E-state index is 0.00801. The maximum atomic E-state index is 12.9. The van der Waals surface area contributed by atoms with Crippen molar-refractivity contribution in [1.29, 1.82) is 0 Å². The van der Waals surface area contributed by atoms with Gasteiger partial charge in [-0.2, -0.15) is 0 Å². The molecule has 0 aliphatic heterocycles. The molecule has 0 bridgehead atoms. The van der Waals surface area contributed by atoms with E-state index in [1.165, 1.54) is 24.3 Å². The van der Waals surface area contributed by atoms with E-state index >= 15 is 0 Å². The lowest BCUT2D eigenvalue weighted by atomic mass is 10.1. The Morgan fingerprint density at radius 2 is 1.05 bits per heavy atom. The van der Waals surface area contributed by atoms with Crippen LogP contribution in [0.4, 0.5) is 8.78 Å². The normalized spacial score (nSPS) is 18.4. The van der Waals surface area contributed by atoms with Crippen LogP contribution in [0.25, 0.3) is 12.2 Å². The van der Waals surface area contributed by atoms with Gasteiger partial charge in [0.2, 0.25) is 0 Å². The van der Waals surface area contributed by atoms with Gasteiger partial charge in [-0.15, -0.1) is 0 Å². The van der Waals surface area contributed by atoms with E-state index in [1.807, 2.05) is 0 Å². The first-order chi connectivity index (χ1) is 10.6. The molecule has 22 heavy (non-hydrogen) atoms. The fourth-order valence-electron chi connectivity index (χ4n) is 2.50. The van der Waals surface area contributed by atoms with Gasteiger partial charge in [0, 0.05) is 11.1 Å². The van der Waals surface area contributed by atoms with Gasteiger partial charge in [0.05, 0.1) is 0 Å². The predicted molar refractivity (Wildman–Crippen MR) is 83.0 cm³/mol. The van der Waals surface area contributed by atoms with Crippen LogP contribution < -0.4 is 0 Å². The second-order valence-corrected chi connectivity index (χ2v) is 5.27. The summed E-state index contributed by atoms with van der Waals surface area (Å²) in [6, 6.07) is 12.1. The molecule has 0 heterocycles. The number of hydrogen-bond donors (Lipinski definition) is 0. The minimum atomic E-state index is -0.295. The van der Waals surface area contributed by atoms with Crippen LogP contribution in [-0.2, 0) is 4.79 Å². The molecule has 0 aromatic heterocycles. The molecule has 0 unspecified atom stereocenters. The molecule has 2 aromatic carbocycles. The fraction of sp³-hybridized carbons (Fsp3) is 0.105. The summed E-state index contributed by atoms with van der Waals surface area (Å²) in [5.74, 6) is -0.581. The monoisotopic (exact) mass is 296 g/mol. The van der Waals surface area contributed by atoms with Gasteiger partial charge >= 0.3 is 0 Å². The first kappa shape index (κ1) is 14.4. The third-order valence-electron chi connectivity index (χ3n) is 3.67. The third kappa shape index (κ3) is 3.19. The van der Waals surface area contributed by atoms with Gasteiger partial charge in [-0.05, 0) is 60.4 Å². The van der Waals surface area contributed by atoms with Crippen molar-refractivity contribution in [3.63, 3.8) is 0 Å². The van der Waals surface area contributed by atoms with Gasteiger partial charge in [-0.3, -0.25) is 4.79 Å². The Morgan fingerprint density at radius 3 is 1.41 bits per heavy atom. The average molecular weight is 296 g/mol. The number of halogens is 2. The highest BCUT2D eigenvalue weighted by Crippen LogP contribution is 2.29. The van der Waals surface area contributed by atoms with Gasteiger partial charge in [0.1, 0.15) is 11.6 Å². The summed E-state index contributed by atoms with van der Waals surface area (Å²) in [6.07, 6.45) is 4.94. The molecular weight excluding hydrogens is 282 g/mol. The quantitative estimate of drug-likeness (QED) is 0.728. The van der Waals surface area contributed by atoms with Gasteiger partial charge in [0.15, 0.2) is 5.78 Å². The Balaban J connectivity index is 1.82. The highest BCUT2D eigenvalue weighted by atomic mass is 19.1. The van der Waals surface area contributed by atoms with Crippen LogP contribution in [0, 0.1) is 11.6 Å². The fourth-order valence-corrected chi connectivity index (χ4v) is 2.50. The number of allylic oxidation sites excluding steroid dienone is 2. The van der Waals surface area contributed by atoms with E-state index in [0.717, 1.165) is 22.3 Å². The van der Waals surface area contributed by atoms with Crippen molar-refractivity contribution in [1.82, 2.24) is 0 Å². The van der Waals surface area contributed by atoms with Crippen LogP contribution in [-0.4, -0.2) is 5.78 Å². The number of ketones is 1. The number of carbonyl (C=O) groups excluding carboxylic acids is 1. The Morgan fingerprint density at radius 1 is 0.682 bits per heavy atom. The molecule has 0 atom stereocenters. The van der Waals surface area contributed by atoms with Gasteiger partial charge in [-0.1, -0.05) is 24.3 Å². The van der Waals surface area contributed by atoms with E-state index in [0.29, 0.717) is 12.8 Å². The number of benzene rings is 2. The Hall–Kier alpha value is -2.55. The topological polar surface area (TPSA) is 17.1 Å². The second kappa shape index (κ2) is 6.06. The van der Waals surface area contributed by atoms with Crippen LogP contribution in [0.2, 0.25) is 0 Å². The van der Waals surface area contributed by atoms with E-state index in [1.54, 1.807) is 36.4 Å². The van der Waals surface area contributed by atoms with Crippen molar-refractivity contribution < 1.29 is 13.6 Å². The van der Waals surface area contributed by atoms with E-state index in [4.69, 9.17) is 0 Å². The zero-order chi connectivity index (χ0) is 15.5. The predicted octanol–water partition coefficient (Wildman–Crippen LogP) is 4.79. The van der Waals surface area contributed by atoms with Crippen molar-refractivity contribution in [2.45, 2.75) is 12.8 Å². The standard InChI is InChI=1S/C19H14F2O/c20-17-7-1-13(2-8-17)11-15-5-6-16(19(15)22)12-14-3-9-18(21)10-4-14/h1-4,7-12H,5-6H2/b15-11-,16-12-. The summed E-state index contributed by atoms with van der Waals surface area (Å²) in [4.78, 5) is 12.4. The maximum absolute atomic E-state index is 12.9. The first-order valence-electron chi connectivity index (χ1n) is 7.09. The number of carbonyl (C=O) groups is 1. The van der Waals surface area contributed by atoms with E-state index in [9.17, 15) is 13.6 Å². The van der Waals surface area contributed by atoms with Crippen LogP contribution in [0.15, 0.2) is 59.7 Å². The molecule has 1 aliphatic rings. The summed E-state index contributed by atoms with van der Waals surface area (Å²) in [7, 11) is 0. The summed E-state index contributed by atoms with van der Waals surface area (Å²) in [6.45, 7) is 0. The molecule has 0 radical (unpaired) electrons. The Labute approximate surface area is 127 Å². The molecule has 1 saturated carbocycles. The SMILES string of the molecule is O=C1/C(=C\c2ccc(F)cc2)CC/C1=C/c1ccc(F)cc1. The first-order valence-corrected chi connectivity index (χ1v) is 7.09. The third-order valence-corrected chi connectivity index (χ3v) is 3.67. The lowest BCUT2D eigenvalue weighted by Gasteiger charge is -1.98. The average Bonchev–Trinajstić information content (AvgIpc) is 2.85. The molecule has 0 spiro atoms. The highest BCUT2D eigenvalue weighted by molar-refractivity contribution is 6.15. The van der Waals surface area contributed by atoms with Crippen molar-refractivity contribution in [2.24, 2.45) is 0 Å². The Kier molecular flexibility index (Phi) is 3.96. The number of Topliss-reactive ketones (excluding diaryl/α,β-unsaturated/α-hetero) is 1. The van der Waals surface area contributed by atoms with Gasteiger partial charge < -0.3 is 0 Å². The summed E-state index contributed by atoms with van der Waals surface area (Å²) in [5.41, 5.74) is 3.07. The largest absolute Gasteiger partial charge is 0.289 e. The Bertz CT molecular complexity index is 688. The van der Waals surface area contributed by atoms with Crippen molar-refractivity contribution in [3.8, 4) is 0 Å². The van der Waals surface area contributed by atoms with Crippen LogP contribution in [0.3, 0.4) is 0 Å². The molecule has 2 aromatic rings. The van der Waals surface area contributed by atoms with Crippen LogP contribution >= 0.6 is 0 Å². The second-order valence-electron chi connectivity index (χ2n) is 5.27. The van der Waals surface area contributed by atoms with Crippen molar-refractivity contribution in [2.75, 3.05) is 0 Å². The lowest BCUT2D eigenvalue weighted by Crippen LogP contribution is -1.95. The molecule has 0 amide bonds. The van der Waals surface area contributed by atoms with Crippen LogP contribution in [0.1, 0.15) is 24.0 Å². The molecule has 1 fully saturated rings. The smallest absolute Gasteiger partial charge is 0.185 e. The number of hydrogen-bond acceptors (Lipinski definition) is 1. The van der Waals surface area contributed by atoms with E-state index in [2.05, 4.69) is 0 Å². The zero-order valence-electron chi connectivity index (χ0n) is 11.9. The number of rotatable bonds is 2. The summed E-state index contributed by atoms with van der Waals surface area (Å²) >= 11 is 0. The highest BCUT2D eigenvalue weighted by Gasteiger charge is 2.22. The molecule has 3 heteroatoms. The van der Waals surface area contributed by atoms with Crippen LogP contribution in [0.5, 0.6) is 0 Å². The van der Waals surface area contributed by atoms with E-state index < -0.39 is 0 Å². The summed E-state index contributed by atoms with van der Waals surface area (Å²) < 4.78 is 25.8.